The zero-order valence-electron chi connectivity index (χ0n) is 10.1. The summed E-state index contributed by atoms with van der Waals surface area (Å²) in [5, 5.41) is 2.82. The van der Waals surface area contributed by atoms with E-state index in [0.717, 1.165) is 12.8 Å². The zero-order valence-corrected chi connectivity index (χ0v) is 10.8. The number of halogens is 1. The molecule has 1 aliphatic carbocycles. The number of imidazole rings is 1. The number of amides is 1. The van der Waals surface area contributed by atoms with Crippen molar-refractivity contribution in [2.75, 3.05) is 5.32 Å². The summed E-state index contributed by atoms with van der Waals surface area (Å²) >= 11 is 5.95. The third-order valence-electron chi connectivity index (χ3n) is 3.14. The Hall–Kier alpha value is -1.73. The van der Waals surface area contributed by atoms with Crippen molar-refractivity contribution in [3.05, 3.63) is 11.5 Å². The molecule has 1 aliphatic rings. The van der Waals surface area contributed by atoms with E-state index in [-0.39, 0.29) is 29.5 Å². The summed E-state index contributed by atoms with van der Waals surface area (Å²) in [6, 6.07) is -0.0930. The lowest BCUT2D eigenvalue weighted by Gasteiger charge is -2.09. The molecule has 2 aromatic heterocycles. The standard InChI is InChI=1S/C11H13ClN6O/c12-9-8-10(15-4-14-8)18-11(17-9)16-7(19)3-6(13)5-1-2-5/h4-6H,1-3,13H2,(H2,14,15,16,17,18,19). The summed E-state index contributed by atoms with van der Waals surface area (Å²) in [5.41, 5.74) is 6.86. The van der Waals surface area contributed by atoms with Gasteiger partial charge in [-0.15, -0.1) is 0 Å². The first-order valence-corrected chi connectivity index (χ1v) is 6.43. The summed E-state index contributed by atoms with van der Waals surface area (Å²) in [6.07, 6.45) is 3.95. The number of nitrogens with one attached hydrogen (secondary N) is 2. The minimum atomic E-state index is -0.203. The number of carbonyl (C=O) groups excluding carboxylic acids is 1. The zero-order chi connectivity index (χ0) is 13.4. The summed E-state index contributed by atoms with van der Waals surface area (Å²) in [6.45, 7) is 0. The minimum absolute atomic E-state index is 0.0930. The summed E-state index contributed by atoms with van der Waals surface area (Å²) in [7, 11) is 0. The van der Waals surface area contributed by atoms with Crippen LogP contribution in [0.5, 0.6) is 0 Å². The van der Waals surface area contributed by atoms with Crippen molar-refractivity contribution >= 4 is 34.6 Å². The number of carbonyl (C=O) groups is 1. The Labute approximate surface area is 114 Å². The van der Waals surface area contributed by atoms with E-state index in [2.05, 4.69) is 25.3 Å². The van der Waals surface area contributed by atoms with E-state index in [4.69, 9.17) is 17.3 Å². The van der Waals surface area contributed by atoms with Gasteiger partial charge in [-0.2, -0.15) is 9.97 Å². The molecule has 0 aromatic carbocycles. The van der Waals surface area contributed by atoms with Crippen LogP contribution in [0.1, 0.15) is 19.3 Å². The Kier molecular flexibility index (Phi) is 3.08. The third-order valence-corrected chi connectivity index (χ3v) is 3.41. The number of nitrogens with two attached hydrogens (primary N) is 1. The van der Waals surface area contributed by atoms with Crippen LogP contribution in [0.25, 0.3) is 11.2 Å². The number of hydrogen-bond acceptors (Lipinski definition) is 5. The number of anilines is 1. The highest BCUT2D eigenvalue weighted by atomic mass is 35.5. The number of nitrogens with zero attached hydrogens (tertiary/aromatic N) is 3. The molecule has 1 saturated carbocycles. The van der Waals surface area contributed by atoms with Crippen LogP contribution in [0, 0.1) is 5.92 Å². The largest absolute Gasteiger partial charge is 0.341 e. The van der Waals surface area contributed by atoms with E-state index < -0.39 is 0 Å². The molecule has 1 fully saturated rings. The minimum Gasteiger partial charge on any atom is -0.341 e. The lowest BCUT2D eigenvalue weighted by molar-refractivity contribution is -0.116. The number of rotatable bonds is 4. The Morgan fingerprint density at radius 1 is 1.58 bits per heavy atom. The molecule has 1 atom stereocenters. The van der Waals surface area contributed by atoms with Crippen LogP contribution in [0.2, 0.25) is 5.15 Å². The number of aromatic amines is 1. The SMILES string of the molecule is NC(CC(=O)Nc1nc(Cl)c2[nH]cnc2n1)C1CC1. The molecule has 0 aliphatic heterocycles. The quantitative estimate of drug-likeness (QED) is 0.726. The fourth-order valence-corrected chi connectivity index (χ4v) is 2.15. The van der Waals surface area contributed by atoms with Gasteiger partial charge < -0.3 is 10.7 Å². The third kappa shape index (κ3) is 2.66. The van der Waals surface area contributed by atoms with Crippen molar-refractivity contribution in [1.82, 2.24) is 19.9 Å². The lowest BCUT2D eigenvalue weighted by Crippen LogP contribution is -2.29. The average Bonchev–Trinajstić information content (AvgIpc) is 3.08. The molecule has 2 aromatic rings. The van der Waals surface area contributed by atoms with Crippen LogP contribution < -0.4 is 11.1 Å². The van der Waals surface area contributed by atoms with Gasteiger partial charge in [0.2, 0.25) is 11.9 Å². The van der Waals surface area contributed by atoms with Gasteiger partial charge in [-0.05, 0) is 18.8 Å². The molecule has 0 radical (unpaired) electrons. The van der Waals surface area contributed by atoms with Crippen LogP contribution in [0.15, 0.2) is 6.33 Å². The van der Waals surface area contributed by atoms with Gasteiger partial charge in [0.25, 0.3) is 0 Å². The number of H-pyrrole nitrogens is 1. The number of hydrogen-bond donors (Lipinski definition) is 3. The van der Waals surface area contributed by atoms with Gasteiger partial charge in [0.05, 0.1) is 6.33 Å². The van der Waals surface area contributed by atoms with Crippen molar-refractivity contribution in [1.29, 1.82) is 0 Å². The van der Waals surface area contributed by atoms with Crippen LogP contribution in [-0.2, 0) is 4.79 Å². The normalized spacial score (nSPS) is 16.5. The highest BCUT2D eigenvalue weighted by molar-refractivity contribution is 6.33. The molecule has 4 N–H and O–H groups in total. The van der Waals surface area contributed by atoms with Gasteiger partial charge in [-0.3, -0.25) is 10.1 Å². The van der Waals surface area contributed by atoms with E-state index in [0.29, 0.717) is 17.1 Å². The van der Waals surface area contributed by atoms with Crippen LogP contribution in [-0.4, -0.2) is 31.9 Å². The van der Waals surface area contributed by atoms with Crippen LogP contribution in [0.3, 0.4) is 0 Å². The van der Waals surface area contributed by atoms with Gasteiger partial charge in [0, 0.05) is 12.5 Å². The van der Waals surface area contributed by atoms with E-state index in [1.807, 2.05) is 0 Å². The first-order valence-electron chi connectivity index (χ1n) is 6.05. The Morgan fingerprint density at radius 3 is 3.11 bits per heavy atom. The molecule has 2 heterocycles. The van der Waals surface area contributed by atoms with Crippen molar-refractivity contribution in [2.24, 2.45) is 11.7 Å². The molecular weight excluding hydrogens is 268 g/mol. The number of aromatic nitrogens is 4. The van der Waals surface area contributed by atoms with Crippen molar-refractivity contribution in [3.63, 3.8) is 0 Å². The Balaban J connectivity index is 1.71. The molecule has 1 amide bonds. The average molecular weight is 281 g/mol. The molecule has 100 valence electrons. The molecule has 1 unspecified atom stereocenters. The molecule has 0 spiro atoms. The predicted octanol–water partition coefficient (Wildman–Crippen LogP) is 1.07. The molecule has 0 bridgehead atoms. The van der Waals surface area contributed by atoms with E-state index >= 15 is 0 Å². The molecule has 0 saturated heterocycles. The summed E-state index contributed by atoms with van der Waals surface area (Å²) in [5.74, 6) is 0.423. The fraction of sp³-hybridized carbons (Fsp3) is 0.455. The highest BCUT2D eigenvalue weighted by Crippen LogP contribution is 2.32. The van der Waals surface area contributed by atoms with E-state index in [1.54, 1.807) is 0 Å². The first kappa shape index (κ1) is 12.3. The van der Waals surface area contributed by atoms with Gasteiger partial charge in [0.1, 0.15) is 5.52 Å². The second kappa shape index (κ2) is 4.75. The Morgan fingerprint density at radius 2 is 2.37 bits per heavy atom. The molecule has 19 heavy (non-hydrogen) atoms. The molecule has 7 nitrogen and oxygen atoms in total. The van der Waals surface area contributed by atoms with Crippen molar-refractivity contribution < 1.29 is 4.79 Å². The maximum absolute atomic E-state index is 11.8. The number of fused-ring (bicyclic) bond motifs is 1. The van der Waals surface area contributed by atoms with Crippen LogP contribution in [0.4, 0.5) is 5.95 Å². The van der Waals surface area contributed by atoms with Gasteiger partial charge in [-0.25, -0.2) is 4.98 Å². The second-order valence-electron chi connectivity index (χ2n) is 4.69. The second-order valence-corrected chi connectivity index (χ2v) is 5.05. The highest BCUT2D eigenvalue weighted by Gasteiger charge is 2.29. The molecular formula is C11H13ClN6O. The Bertz CT molecular complexity index is 623. The lowest BCUT2D eigenvalue weighted by atomic mass is 10.1. The maximum atomic E-state index is 11.8. The summed E-state index contributed by atoms with van der Waals surface area (Å²) in [4.78, 5) is 26.7. The van der Waals surface area contributed by atoms with Gasteiger partial charge >= 0.3 is 0 Å². The van der Waals surface area contributed by atoms with Crippen molar-refractivity contribution in [2.45, 2.75) is 25.3 Å². The topological polar surface area (TPSA) is 110 Å². The monoisotopic (exact) mass is 280 g/mol. The van der Waals surface area contributed by atoms with Gasteiger partial charge in [-0.1, -0.05) is 11.6 Å². The molecule has 3 rings (SSSR count). The predicted molar refractivity (Wildman–Crippen MR) is 70.6 cm³/mol. The maximum Gasteiger partial charge on any atom is 0.233 e. The smallest absolute Gasteiger partial charge is 0.233 e. The van der Waals surface area contributed by atoms with Crippen LogP contribution >= 0.6 is 11.6 Å². The van der Waals surface area contributed by atoms with E-state index in [9.17, 15) is 4.79 Å². The molecule has 8 heteroatoms. The van der Waals surface area contributed by atoms with E-state index in [1.165, 1.54) is 6.33 Å². The first-order chi connectivity index (χ1) is 9.13. The fourth-order valence-electron chi connectivity index (χ4n) is 1.93. The van der Waals surface area contributed by atoms with Crippen molar-refractivity contribution in [3.8, 4) is 0 Å². The summed E-state index contributed by atoms with van der Waals surface area (Å²) < 4.78 is 0. The van der Waals surface area contributed by atoms with Gasteiger partial charge in [0.15, 0.2) is 10.8 Å².